The van der Waals surface area contributed by atoms with Crippen molar-refractivity contribution in [2.24, 2.45) is 5.41 Å². The summed E-state index contributed by atoms with van der Waals surface area (Å²) in [5.74, 6) is 1.62. The molecule has 2 aliphatic rings. The second kappa shape index (κ2) is 8.09. The summed E-state index contributed by atoms with van der Waals surface area (Å²) < 4.78 is 1.85. The highest BCUT2D eigenvalue weighted by Gasteiger charge is 2.41. The summed E-state index contributed by atoms with van der Waals surface area (Å²) >= 11 is 7.92. The molecular weight excluding hydrogens is 440 g/mol. The highest BCUT2D eigenvalue weighted by atomic mass is 35.5. The first-order valence-corrected chi connectivity index (χ1v) is 12.1. The molecule has 32 heavy (non-hydrogen) atoms. The van der Waals surface area contributed by atoms with Gasteiger partial charge >= 0.3 is 0 Å². The predicted octanol–water partition coefficient (Wildman–Crippen LogP) is 6.19. The van der Waals surface area contributed by atoms with Crippen LogP contribution in [0.1, 0.15) is 49.4 Å². The molecule has 164 valence electrons. The van der Waals surface area contributed by atoms with Crippen molar-refractivity contribution in [2.75, 3.05) is 5.32 Å². The van der Waals surface area contributed by atoms with Gasteiger partial charge in [0.25, 0.3) is 0 Å². The number of thioether (sulfide) groups is 1. The lowest BCUT2D eigenvalue weighted by atomic mass is 9.73. The van der Waals surface area contributed by atoms with Gasteiger partial charge in [-0.1, -0.05) is 73.6 Å². The zero-order valence-corrected chi connectivity index (χ0v) is 19.9. The molecule has 1 N–H and O–H groups in total. The third-order valence-electron chi connectivity index (χ3n) is 6.09. The molecule has 0 fully saturated rings. The van der Waals surface area contributed by atoms with Crippen LogP contribution in [0.5, 0.6) is 0 Å². The number of allylic oxidation sites excluding steroid dienone is 2. The SMILES string of the molecule is Cc1ccccc1CSc1nc2n(n1)[C@@H](c1cccc(Cl)c1)C1=C(CC(C)(C)CC1=O)N2. The fourth-order valence-electron chi connectivity index (χ4n) is 4.55. The molecular formula is C25H25ClN4OS. The number of halogens is 1. The van der Waals surface area contributed by atoms with E-state index < -0.39 is 0 Å². The number of hydrogen-bond donors (Lipinski definition) is 1. The Morgan fingerprint density at radius 3 is 2.78 bits per heavy atom. The lowest BCUT2D eigenvalue weighted by Gasteiger charge is -2.38. The fraction of sp³-hybridized carbons (Fsp3) is 0.320. The number of Topliss-reactive ketones (excluding diaryl/α,β-unsaturated/α-hetero) is 1. The Labute approximate surface area is 197 Å². The quantitative estimate of drug-likeness (QED) is 0.466. The van der Waals surface area contributed by atoms with Crippen molar-refractivity contribution < 1.29 is 4.79 Å². The Morgan fingerprint density at radius 2 is 2.00 bits per heavy atom. The minimum Gasteiger partial charge on any atom is -0.328 e. The molecule has 1 aliphatic carbocycles. The molecule has 5 rings (SSSR count). The summed E-state index contributed by atoms with van der Waals surface area (Å²) in [6.45, 7) is 6.38. The monoisotopic (exact) mass is 464 g/mol. The number of ketones is 1. The molecule has 0 unspecified atom stereocenters. The van der Waals surface area contributed by atoms with E-state index in [-0.39, 0.29) is 17.2 Å². The minimum atomic E-state index is -0.330. The van der Waals surface area contributed by atoms with Gasteiger partial charge in [0.1, 0.15) is 6.04 Å². The van der Waals surface area contributed by atoms with Crippen LogP contribution in [0.15, 0.2) is 65.0 Å². The molecule has 1 aliphatic heterocycles. The third-order valence-corrected chi connectivity index (χ3v) is 7.22. The molecule has 1 atom stereocenters. The number of benzene rings is 2. The molecule has 0 saturated carbocycles. The van der Waals surface area contributed by atoms with Crippen molar-refractivity contribution >= 4 is 35.1 Å². The van der Waals surface area contributed by atoms with Crippen molar-refractivity contribution in [3.8, 4) is 0 Å². The largest absolute Gasteiger partial charge is 0.328 e. The molecule has 0 saturated heterocycles. The Morgan fingerprint density at radius 1 is 1.19 bits per heavy atom. The number of aromatic nitrogens is 3. The Kier molecular flexibility index (Phi) is 5.38. The zero-order chi connectivity index (χ0) is 22.5. The van der Waals surface area contributed by atoms with Crippen molar-refractivity contribution in [3.63, 3.8) is 0 Å². The second-order valence-electron chi connectivity index (χ2n) is 9.29. The molecule has 1 aromatic heterocycles. The van der Waals surface area contributed by atoms with E-state index in [1.54, 1.807) is 11.8 Å². The number of hydrogen-bond acceptors (Lipinski definition) is 5. The topological polar surface area (TPSA) is 59.8 Å². The van der Waals surface area contributed by atoms with Crippen molar-refractivity contribution in [1.29, 1.82) is 0 Å². The van der Waals surface area contributed by atoms with Crippen LogP contribution in [0, 0.1) is 12.3 Å². The van der Waals surface area contributed by atoms with E-state index >= 15 is 0 Å². The first-order valence-electron chi connectivity index (χ1n) is 10.7. The molecule has 5 nitrogen and oxygen atoms in total. The average Bonchev–Trinajstić information content (AvgIpc) is 3.13. The number of rotatable bonds is 4. The van der Waals surface area contributed by atoms with E-state index in [9.17, 15) is 4.79 Å². The van der Waals surface area contributed by atoms with Crippen molar-refractivity contribution in [3.05, 3.63) is 81.5 Å². The Balaban J connectivity index is 1.54. The number of nitrogens with zero attached hydrogens (tertiary/aromatic N) is 3. The minimum absolute atomic E-state index is 0.0909. The molecule has 0 amide bonds. The molecule has 0 bridgehead atoms. The van der Waals surface area contributed by atoms with Crippen LogP contribution in [0.4, 0.5) is 5.95 Å². The highest BCUT2D eigenvalue weighted by molar-refractivity contribution is 7.98. The molecule has 0 radical (unpaired) electrons. The Hall–Kier alpha value is -2.57. The highest BCUT2D eigenvalue weighted by Crippen LogP contribution is 2.46. The average molecular weight is 465 g/mol. The summed E-state index contributed by atoms with van der Waals surface area (Å²) in [5, 5.41) is 9.58. The van der Waals surface area contributed by atoms with Crippen LogP contribution in [-0.2, 0) is 10.5 Å². The van der Waals surface area contributed by atoms with Gasteiger partial charge in [-0.25, -0.2) is 4.68 Å². The first kappa shape index (κ1) is 21.3. The van der Waals surface area contributed by atoms with Gasteiger partial charge < -0.3 is 5.32 Å². The maximum absolute atomic E-state index is 13.3. The smallest absolute Gasteiger partial charge is 0.227 e. The second-order valence-corrected chi connectivity index (χ2v) is 10.7. The van der Waals surface area contributed by atoms with Crippen LogP contribution in [0.25, 0.3) is 0 Å². The number of anilines is 1. The zero-order valence-electron chi connectivity index (χ0n) is 18.4. The molecule has 7 heteroatoms. The van der Waals surface area contributed by atoms with Crippen LogP contribution >= 0.6 is 23.4 Å². The maximum Gasteiger partial charge on any atom is 0.227 e. The molecule has 2 aromatic carbocycles. The van der Waals surface area contributed by atoms with E-state index in [0.29, 0.717) is 22.5 Å². The van der Waals surface area contributed by atoms with Gasteiger partial charge in [-0.15, -0.1) is 5.10 Å². The molecule has 0 spiro atoms. The van der Waals surface area contributed by atoms with Crippen LogP contribution in [-0.4, -0.2) is 20.5 Å². The number of nitrogens with one attached hydrogen (secondary N) is 1. The summed E-state index contributed by atoms with van der Waals surface area (Å²) in [6, 6.07) is 15.7. The third kappa shape index (κ3) is 3.97. The first-order chi connectivity index (χ1) is 15.3. The molecule has 3 aromatic rings. The van der Waals surface area contributed by atoms with Crippen LogP contribution in [0.2, 0.25) is 5.02 Å². The number of carbonyl (C=O) groups excluding carboxylic acids is 1. The van der Waals surface area contributed by atoms with E-state index in [1.807, 2.05) is 35.0 Å². The van der Waals surface area contributed by atoms with Crippen LogP contribution in [0.3, 0.4) is 0 Å². The normalized spacial score (nSPS) is 19.4. The van der Waals surface area contributed by atoms with E-state index in [4.69, 9.17) is 21.7 Å². The van der Waals surface area contributed by atoms with E-state index in [1.165, 1.54) is 11.1 Å². The predicted molar refractivity (Wildman–Crippen MR) is 129 cm³/mol. The van der Waals surface area contributed by atoms with Gasteiger partial charge in [0, 0.05) is 28.5 Å². The summed E-state index contributed by atoms with van der Waals surface area (Å²) in [5.41, 5.74) is 5.10. The van der Waals surface area contributed by atoms with Gasteiger partial charge in [0.05, 0.1) is 0 Å². The van der Waals surface area contributed by atoms with Gasteiger partial charge in [-0.2, -0.15) is 4.98 Å². The van der Waals surface area contributed by atoms with E-state index in [0.717, 1.165) is 29.0 Å². The van der Waals surface area contributed by atoms with Gasteiger partial charge in [-0.3, -0.25) is 4.79 Å². The number of carbonyl (C=O) groups is 1. The summed E-state index contributed by atoms with van der Waals surface area (Å²) in [4.78, 5) is 18.1. The molecule has 2 heterocycles. The summed E-state index contributed by atoms with van der Waals surface area (Å²) in [6.07, 6.45) is 1.31. The van der Waals surface area contributed by atoms with Gasteiger partial charge in [-0.05, 0) is 47.6 Å². The van der Waals surface area contributed by atoms with E-state index in [2.05, 4.69) is 44.3 Å². The standard InChI is InChI=1S/C25H25ClN4OS/c1-15-7-4-5-8-17(15)14-32-24-28-23-27-19-12-25(2,3)13-20(31)21(19)22(30(23)29-24)16-9-6-10-18(26)11-16/h4-11,22H,12-14H2,1-3H3,(H,27,28,29)/t22-/m0/s1. The van der Waals surface area contributed by atoms with Gasteiger partial charge in [0.15, 0.2) is 5.78 Å². The number of aryl methyl sites for hydroxylation is 1. The lowest BCUT2D eigenvalue weighted by molar-refractivity contribution is -0.118. The van der Waals surface area contributed by atoms with Gasteiger partial charge in [0.2, 0.25) is 11.1 Å². The van der Waals surface area contributed by atoms with Crippen LogP contribution < -0.4 is 5.32 Å². The fourth-order valence-corrected chi connectivity index (χ4v) is 5.65. The maximum atomic E-state index is 13.3. The lowest BCUT2D eigenvalue weighted by Crippen LogP contribution is -2.36. The van der Waals surface area contributed by atoms with Crippen molar-refractivity contribution in [1.82, 2.24) is 14.8 Å². The number of fused-ring (bicyclic) bond motifs is 1. The van der Waals surface area contributed by atoms with Crippen molar-refractivity contribution in [2.45, 2.75) is 50.6 Å². The summed E-state index contributed by atoms with van der Waals surface area (Å²) in [7, 11) is 0. The Bertz CT molecular complexity index is 1250.